The van der Waals surface area contributed by atoms with Crippen LogP contribution < -0.4 is 5.32 Å². The Hall–Kier alpha value is -1.60. The van der Waals surface area contributed by atoms with Crippen molar-refractivity contribution in [2.45, 2.75) is 410 Å². The maximum absolute atomic E-state index is 13.4. The molecule has 0 aromatic rings. The van der Waals surface area contributed by atoms with Crippen LogP contribution in [0.25, 0.3) is 0 Å². The fourth-order valence-corrected chi connectivity index (χ4v) is 11.6. The highest BCUT2D eigenvalue weighted by molar-refractivity contribution is 5.80. The molecule has 1 aliphatic rings. The van der Waals surface area contributed by atoms with Crippen molar-refractivity contribution in [3.8, 4) is 0 Å². The first kappa shape index (κ1) is 77.4. The molecule has 0 saturated carbocycles. The number of aliphatic hydroxyl groups excluding tert-OH is 5. The van der Waals surface area contributed by atoms with Gasteiger partial charge in [-0.2, -0.15) is 0 Å². The average Bonchev–Trinajstić information content (AvgIpc) is 3.50. The predicted octanol–water partition coefficient (Wildman–Crippen LogP) is 17.9. The largest absolute Gasteiger partial charge is 0.454 e. The summed E-state index contributed by atoms with van der Waals surface area (Å²) in [7, 11) is 0. The standard InChI is InChI=1S/C70H135NO10/c1-4-7-10-13-16-19-22-25-26-27-28-29-30-31-32-33-34-35-36-37-38-40-43-46-49-52-55-58-65(75)81-68-67(77)66(76)64(59-72)80-70(68)79-60-61(62(73)56-53-50-47-44-41-24-21-18-15-12-9-6-3)71-69(78)63(74)57-54-51-48-45-42-39-23-20-17-14-11-8-5-2/h53,56,61-64,66-68,70,72-74,76-77H,4-52,54-55,57-60H2,1-3H3,(H,71,78)/b56-53+. The first-order valence-corrected chi connectivity index (χ1v) is 35.5. The van der Waals surface area contributed by atoms with Crippen molar-refractivity contribution in [1.29, 1.82) is 0 Å². The quantitative estimate of drug-likeness (QED) is 0.0195. The van der Waals surface area contributed by atoms with Crippen molar-refractivity contribution in [3.05, 3.63) is 12.2 Å². The van der Waals surface area contributed by atoms with Crippen LogP contribution in [0.2, 0.25) is 0 Å². The Morgan fingerprint density at radius 1 is 0.469 bits per heavy atom. The van der Waals surface area contributed by atoms with Crippen LogP contribution in [0, 0.1) is 0 Å². The zero-order chi connectivity index (χ0) is 58.9. The Morgan fingerprint density at radius 3 is 1.16 bits per heavy atom. The van der Waals surface area contributed by atoms with Gasteiger partial charge in [0.15, 0.2) is 12.4 Å². The molecule has 1 aliphatic heterocycles. The molecule has 1 amide bonds. The number of amides is 1. The van der Waals surface area contributed by atoms with Gasteiger partial charge in [-0.15, -0.1) is 0 Å². The van der Waals surface area contributed by atoms with Gasteiger partial charge in [0.05, 0.1) is 25.4 Å². The second-order valence-electron chi connectivity index (χ2n) is 25.0. The summed E-state index contributed by atoms with van der Waals surface area (Å²) in [6.45, 7) is 5.84. The van der Waals surface area contributed by atoms with Crippen LogP contribution in [0.4, 0.5) is 0 Å². The highest BCUT2D eigenvalue weighted by Crippen LogP contribution is 2.27. The zero-order valence-electron chi connectivity index (χ0n) is 53.4. The summed E-state index contributed by atoms with van der Waals surface area (Å²) in [6, 6.07) is -1.02. The topological polar surface area (TPSA) is 175 Å². The van der Waals surface area contributed by atoms with E-state index in [2.05, 4.69) is 26.1 Å². The Kier molecular flexibility index (Phi) is 56.2. The second kappa shape index (κ2) is 58.8. The third-order valence-electron chi connectivity index (χ3n) is 17.2. The molecule has 1 heterocycles. The number of nitrogens with one attached hydrogen (secondary N) is 1. The number of unbranched alkanes of at least 4 members (excludes halogenated alkanes) is 48. The second-order valence-corrected chi connectivity index (χ2v) is 25.0. The minimum atomic E-state index is -1.61. The molecule has 11 heteroatoms. The third-order valence-corrected chi connectivity index (χ3v) is 17.2. The van der Waals surface area contributed by atoms with Crippen LogP contribution in [-0.2, 0) is 23.8 Å². The molecule has 1 rings (SSSR count). The van der Waals surface area contributed by atoms with Crippen LogP contribution in [0.1, 0.15) is 361 Å². The Bertz CT molecular complexity index is 1370. The highest BCUT2D eigenvalue weighted by atomic mass is 16.7. The molecule has 0 radical (unpaired) electrons. The first-order valence-electron chi connectivity index (χ1n) is 35.5. The normalized spacial score (nSPS) is 18.6. The molecule has 0 bridgehead atoms. The summed E-state index contributed by atoms with van der Waals surface area (Å²) in [5, 5.41) is 57.1. The molecule has 0 spiro atoms. The number of aliphatic hydroxyl groups is 5. The summed E-state index contributed by atoms with van der Waals surface area (Å²) in [4.78, 5) is 26.6. The van der Waals surface area contributed by atoms with Crippen molar-refractivity contribution >= 4 is 11.9 Å². The lowest BCUT2D eigenvalue weighted by molar-refractivity contribution is -0.305. The summed E-state index contributed by atoms with van der Waals surface area (Å²) in [5.74, 6) is -1.17. The minimum absolute atomic E-state index is 0.132. The maximum Gasteiger partial charge on any atom is 0.306 e. The van der Waals surface area contributed by atoms with E-state index in [1.54, 1.807) is 6.08 Å². The lowest BCUT2D eigenvalue weighted by atomic mass is 9.99. The Morgan fingerprint density at radius 2 is 0.802 bits per heavy atom. The van der Waals surface area contributed by atoms with Gasteiger partial charge >= 0.3 is 5.97 Å². The van der Waals surface area contributed by atoms with Gasteiger partial charge in [0.1, 0.15) is 24.4 Å². The molecule has 0 aromatic carbocycles. The van der Waals surface area contributed by atoms with Crippen LogP contribution in [0.15, 0.2) is 12.2 Å². The number of ether oxygens (including phenoxy) is 3. The van der Waals surface area contributed by atoms with E-state index < -0.39 is 67.4 Å². The van der Waals surface area contributed by atoms with Crippen molar-refractivity contribution in [3.63, 3.8) is 0 Å². The van der Waals surface area contributed by atoms with E-state index in [9.17, 15) is 35.1 Å². The van der Waals surface area contributed by atoms with E-state index in [1.165, 1.54) is 257 Å². The number of hydrogen-bond acceptors (Lipinski definition) is 10. The number of allylic oxidation sites excluding steroid dienone is 1. The van der Waals surface area contributed by atoms with Gasteiger partial charge in [-0.25, -0.2) is 0 Å². The lowest BCUT2D eigenvalue weighted by Gasteiger charge is -2.41. The molecule has 480 valence electrons. The third kappa shape index (κ3) is 46.3. The van der Waals surface area contributed by atoms with Crippen molar-refractivity contribution in [2.24, 2.45) is 0 Å². The summed E-state index contributed by atoms with van der Waals surface area (Å²) >= 11 is 0. The van der Waals surface area contributed by atoms with E-state index in [4.69, 9.17) is 14.2 Å². The molecule has 11 nitrogen and oxygen atoms in total. The van der Waals surface area contributed by atoms with Crippen LogP contribution >= 0.6 is 0 Å². The SMILES string of the molecule is CCCCCCCCCCCC/C=C/C(O)C(COC1OC(CO)C(O)C(O)C1OC(=O)CCCCCCCCCCCCCCCCCCCCCCCCCCCCC)NC(=O)C(O)CCCCCCCCCCCCCCC. The van der Waals surface area contributed by atoms with Gasteiger partial charge in [-0.1, -0.05) is 341 Å². The monoisotopic (exact) mass is 1150 g/mol. The average molecular weight is 1150 g/mol. The number of carbonyl (C=O) groups is 2. The predicted molar refractivity (Wildman–Crippen MR) is 338 cm³/mol. The molecule has 8 atom stereocenters. The van der Waals surface area contributed by atoms with E-state index in [0.29, 0.717) is 19.3 Å². The van der Waals surface area contributed by atoms with Crippen LogP contribution in [0.3, 0.4) is 0 Å². The zero-order valence-corrected chi connectivity index (χ0v) is 53.4. The molecule has 0 aromatic heterocycles. The summed E-state index contributed by atoms with van der Waals surface area (Å²) < 4.78 is 17.7. The van der Waals surface area contributed by atoms with Crippen LogP contribution in [0.5, 0.6) is 0 Å². The van der Waals surface area contributed by atoms with Crippen molar-refractivity contribution in [2.75, 3.05) is 13.2 Å². The molecule has 0 aliphatic carbocycles. The molecule has 1 saturated heterocycles. The van der Waals surface area contributed by atoms with Gasteiger partial charge in [0.25, 0.3) is 0 Å². The van der Waals surface area contributed by atoms with Gasteiger partial charge in [0, 0.05) is 6.42 Å². The minimum Gasteiger partial charge on any atom is -0.454 e. The molecular weight excluding hydrogens is 1010 g/mol. The first-order chi connectivity index (χ1) is 39.7. The Balaban J connectivity index is 2.50. The molecule has 8 unspecified atom stereocenters. The summed E-state index contributed by atoms with van der Waals surface area (Å²) in [5.41, 5.74) is 0. The number of hydrogen-bond donors (Lipinski definition) is 6. The maximum atomic E-state index is 13.4. The van der Waals surface area contributed by atoms with Crippen molar-refractivity contribution in [1.82, 2.24) is 5.32 Å². The number of rotatable bonds is 62. The van der Waals surface area contributed by atoms with Crippen molar-refractivity contribution < 1.29 is 49.3 Å². The van der Waals surface area contributed by atoms with Gasteiger partial charge in [-0.3, -0.25) is 9.59 Å². The highest BCUT2D eigenvalue weighted by Gasteiger charge is 2.47. The van der Waals surface area contributed by atoms with E-state index >= 15 is 0 Å². The molecule has 81 heavy (non-hydrogen) atoms. The number of esters is 1. The summed E-state index contributed by atoms with van der Waals surface area (Å²) in [6.07, 6.45) is 58.4. The molecule has 1 fully saturated rings. The smallest absolute Gasteiger partial charge is 0.306 e. The number of carbonyl (C=O) groups excluding carboxylic acids is 2. The van der Waals surface area contributed by atoms with Crippen LogP contribution in [-0.4, -0.2) is 99.6 Å². The van der Waals surface area contributed by atoms with Gasteiger partial charge < -0.3 is 45.1 Å². The van der Waals surface area contributed by atoms with Gasteiger partial charge in [-0.05, 0) is 25.7 Å². The fraction of sp³-hybridized carbons (Fsp3) is 0.943. The van der Waals surface area contributed by atoms with E-state index in [0.717, 1.165) is 57.8 Å². The van der Waals surface area contributed by atoms with Gasteiger partial charge in [0.2, 0.25) is 5.91 Å². The lowest BCUT2D eigenvalue weighted by Crippen LogP contribution is -2.61. The fourth-order valence-electron chi connectivity index (χ4n) is 11.6. The van der Waals surface area contributed by atoms with E-state index in [-0.39, 0.29) is 13.0 Å². The van der Waals surface area contributed by atoms with E-state index in [1.807, 2.05) is 6.08 Å². The molecular formula is C70H135NO10. The molecule has 6 N–H and O–H groups in total. The Labute approximate surface area is 499 Å².